The van der Waals surface area contributed by atoms with Crippen molar-refractivity contribution in [2.75, 3.05) is 39.3 Å². The summed E-state index contributed by atoms with van der Waals surface area (Å²) in [5, 5.41) is 8.77. The number of hydrogen-bond acceptors (Lipinski definition) is 11. The Morgan fingerprint density at radius 3 is 0.884 bits per heavy atom. The largest absolute Gasteiger partial charge is 0.416 e. The third-order valence-electron chi connectivity index (χ3n) is 12.0. The van der Waals surface area contributed by atoms with E-state index < -0.39 is 66.3 Å². The van der Waals surface area contributed by atoms with Crippen LogP contribution in [0.4, 0.5) is 0 Å². The molecule has 0 saturated carbocycles. The summed E-state index contributed by atoms with van der Waals surface area (Å²) >= 11 is 0. The van der Waals surface area contributed by atoms with E-state index in [0.717, 1.165) is 30.9 Å². The highest BCUT2D eigenvalue weighted by molar-refractivity contribution is 7.90. The fourth-order valence-corrected chi connectivity index (χ4v) is 13.6. The fourth-order valence-electron chi connectivity index (χ4n) is 7.93. The predicted octanol–water partition coefficient (Wildman–Crippen LogP) is 7.41. The van der Waals surface area contributed by atoms with Gasteiger partial charge in [0.1, 0.15) is 0 Å². The summed E-state index contributed by atoms with van der Waals surface area (Å²) in [6.45, 7) is 4.36. The average molecular weight is 1010 g/mol. The number of rotatable bonds is 8. The summed E-state index contributed by atoms with van der Waals surface area (Å²) in [5.41, 5.74) is 5.03. The Balaban J connectivity index is 1.31. The van der Waals surface area contributed by atoms with Crippen LogP contribution in [0.1, 0.15) is 33.4 Å². The van der Waals surface area contributed by atoms with Gasteiger partial charge in [-0.3, -0.25) is 0 Å². The van der Waals surface area contributed by atoms with Crippen LogP contribution < -0.4 is 0 Å². The van der Waals surface area contributed by atoms with Crippen molar-refractivity contribution >= 4 is 40.1 Å². The molecule has 0 spiro atoms. The van der Waals surface area contributed by atoms with E-state index in [1.54, 1.807) is 97.1 Å². The maximum Gasteiger partial charge on any atom is 0.248 e. The Labute approximate surface area is 404 Å². The molecule has 0 amide bonds. The minimum atomic E-state index is -4.44. The summed E-state index contributed by atoms with van der Waals surface area (Å²) in [5.74, 6) is 0.122. The van der Waals surface area contributed by atoms with Gasteiger partial charge in [-0.15, -0.1) is 10.2 Å². The minimum Gasteiger partial charge on any atom is -0.416 e. The van der Waals surface area contributed by atoms with Crippen molar-refractivity contribution in [3.63, 3.8) is 0 Å². The topological polar surface area (TPSA) is 188 Å². The summed E-state index contributed by atoms with van der Waals surface area (Å²) in [6.07, 6.45) is 0. The molecule has 6 aromatic carbocycles. The van der Waals surface area contributed by atoms with E-state index in [1.807, 2.05) is 27.7 Å². The molecule has 1 aromatic heterocycles. The van der Waals surface area contributed by atoms with E-state index in [9.17, 15) is 33.7 Å². The summed E-state index contributed by atoms with van der Waals surface area (Å²) < 4.78 is 129. The van der Waals surface area contributed by atoms with Crippen molar-refractivity contribution in [2.45, 2.75) is 60.4 Å². The second-order valence-corrected chi connectivity index (χ2v) is 24.7. The van der Waals surface area contributed by atoms with Crippen LogP contribution in [-0.2, 0) is 53.2 Å². The lowest BCUT2D eigenvalue weighted by Crippen LogP contribution is -2.46. The summed E-state index contributed by atoms with van der Waals surface area (Å²) in [4.78, 5) is -0.207. The second kappa shape index (κ2) is 20.2. The van der Waals surface area contributed by atoms with E-state index in [4.69, 9.17) is 4.42 Å². The van der Waals surface area contributed by atoms with E-state index >= 15 is 0 Å². The molecule has 69 heavy (non-hydrogen) atoms. The Kier molecular flexibility index (Phi) is 14.5. The maximum absolute atomic E-state index is 14.8. The first-order valence-electron chi connectivity index (χ1n) is 22.1. The van der Waals surface area contributed by atoms with Crippen LogP contribution in [0.3, 0.4) is 0 Å². The smallest absolute Gasteiger partial charge is 0.248 e. The first-order valence-corrected chi connectivity index (χ1v) is 27.9. The Bertz CT molecular complexity index is 3180. The van der Waals surface area contributed by atoms with Crippen LogP contribution in [-0.4, -0.2) is 100 Å². The molecule has 0 fully saturated rings. The zero-order valence-electron chi connectivity index (χ0n) is 38.5. The SMILES string of the molecule is Cc1ccc(S(=O)(=O)N2CCN(S(=O)(=O)c3ccc(C)cc3)CCN(S(=O)(=O)c3ccc(C)cc3)Cc3ccccc3-c3nnc(o3)-c3ccccc3CN(S(=O)(=O)c3ccc(C)cc3)CC2)cc1. The number of hydrogen-bond donors (Lipinski definition) is 0. The van der Waals surface area contributed by atoms with E-state index in [1.165, 1.54) is 57.1 Å². The first kappa shape index (κ1) is 49.5. The molecule has 8 rings (SSSR count). The molecular formula is C50H52N6O9S4. The zero-order chi connectivity index (χ0) is 49.1. The van der Waals surface area contributed by atoms with Crippen LogP contribution in [0.25, 0.3) is 22.9 Å². The highest BCUT2D eigenvalue weighted by Crippen LogP contribution is 2.32. The molecule has 0 unspecified atom stereocenters. The standard InChI is InChI=1S/C50H52N6O9S4/c1-37-13-21-43(22-14-37)66(57,58)53-29-30-54(67(59,60)44-23-15-38(2)16-24-44)32-34-56(69(63,64)46-27-19-40(4)20-28-46)36-42-10-6-8-12-48(42)50-52-51-49(65-50)47-11-7-5-9-41(47)35-55(33-31-53)68(61,62)45-25-17-39(3)18-26-45/h5-28H,29-36H2,1-4H3. The van der Waals surface area contributed by atoms with Gasteiger partial charge in [0.05, 0.1) is 19.6 Å². The highest BCUT2D eigenvalue weighted by Gasteiger charge is 2.34. The average Bonchev–Trinajstić information content (AvgIpc) is 3.82. The van der Waals surface area contributed by atoms with Crippen LogP contribution in [0, 0.1) is 27.7 Å². The van der Waals surface area contributed by atoms with Crippen LogP contribution in [0.2, 0.25) is 0 Å². The normalized spacial score (nSPS) is 15.9. The van der Waals surface area contributed by atoms with Crippen molar-refractivity contribution in [3.8, 4) is 22.9 Å². The van der Waals surface area contributed by atoms with Crippen molar-refractivity contribution in [3.05, 3.63) is 179 Å². The van der Waals surface area contributed by atoms with Gasteiger partial charge in [-0.05, 0) is 99.5 Å². The van der Waals surface area contributed by atoms with Crippen molar-refractivity contribution in [1.29, 1.82) is 0 Å². The number of nitrogens with zero attached hydrogens (tertiary/aromatic N) is 6. The van der Waals surface area contributed by atoms with Crippen molar-refractivity contribution in [2.24, 2.45) is 0 Å². The second-order valence-electron chi connectivity index (χ2n) is 17.0. The van der Waals surface area contributed by atoms with Gasteiger partial charge >= 0.3 is 0 Å². The third-order valence-corrected chi connectivity index (χ3v) is 19.6. The molecule has 0 radical (unpaired) electrons. The van der Waals surface area contributed by atoms with E-state index in [2.05, 4.69) is 10.2 Å². The number of benzene rings is 6. The number of fused-ring (bicyclic) bond motifs is 6. The molecule has 1 aliphatic heterocycles. The van der Waals surface area contributed by atoms with Crippen molar-refractivity contribution < 1.29 is 38.1 Å². The van der Waals surface area contributed by atoms with Gasteiger partial charge in [-0.2, -0.15) is 17.2 Å². The monoisotopic (exact) mass is 1010 g/mol. The molecule has 15 nitrogen and oxygen atoms in total. The Morgan fingerprint density at radius 2 is 0.594 bits per heavy atom. The van der Waals surface area contributed by atoms with Gasteiger partial charge in [-0.1, -0.05) is 107 Å². The van der Waals surface area contributed by atoms with Crippen LogP contribution in [0.5, 0.6) is 0 Å². The molecule has 360 valence electrons. The van der Waals surface area contributed by atoms with Gasteiger partial charge in [0.25, 0.3) is 0 Å². The lowest BCUT2D eigenvalue weighted by molar-refractivity contribution is 0.299. The highest BCUT2D eigenvalue weighted by atomic mass is 32.2. The van der Waals surface area contributed by atoms with Gasteiger partial charge < -0.3 is 4.42 Å². The summed E-state index contributed by atoms with van der Waals surface area (Å²) in [7, 11) is -17.5. The van der Waals surface area contributed by atoms with Gasteiger partial charge in [0.15, 0.2) is 0 Å². The minimum absolute atomic E-state index is 0.0193. The molecule has 0 N–H and O–H groups in total. The predicted molar refractivity (Wildman–Crippen MR) is 263 cm³/mol. The van der Waals surface area contributed by atoms with Crippen LogP contribution >= 0.6 is 0 Å². The Morgan fingerprint density at radius 1 is 0.348 bits per heavy atom. The molecule has 1 aliphatic rings. The molecule has 7 aromatic rings. The first-order chi connectivity index (χ1) is 32.8. The van der Waals surface area contributed by atoms with E-state index in [0.29, 0.717) is 22.3 Å². The molecule has 19 heteroatoms. The van der Waals surface area contributed by atoms with Gasteiger partial charge in [-0.25, -0.2) is 33.7 Å². The third kappa shape index (κ3) is 10.8. The van der Waals surface area contributed by atoms with Crippen molar-refractivity contribution in [1.82, 2.24) is 27.4 Å². The van der Waals surface area contributed by atoms with E-state index in [-0.39, 0.29) is 57.5 Å². The zero-order valence-corrected chi connectivity index (χ0v) is 41.8. The fraction of sp³-hybridized carbons (Fsp3) is 0.240. The molecule has 0 atom stereocenters. The number of aromatic nitrogens is 2. The maximum atomic E-state index is 14.8. The quantitative estimate of drug-likeness (QED) is 0.147. The number of sulfonamides is 4. The lowest BCUT2D eigenvalue weighted by atomic mass is 10.1. The van der Waals surface area contributed by atoms with Crippen LogP contribution in [0.15, 0.2) is 170 Å². The molecule has 2 heterocycles. The van der Waals surface area contributed by atoms with Gasteiger partial charge in [0.2, 0.25) is 51.9 Å². The van der Waals surface area contributed by atoms with Gasteiger partial charge in [0, 0.05) is 63.5 Å². The molecule has 0 saturated heterocycles. The number of aryl methyl sites for hydroxylation is 4. The summed E-state index contributed by atoms with van der Waals surface area (Å²) in [6, 6.07) is 38.8. The molecule has 2 bridgehead atoms. The lowest BCUT2D eigenvalue weighted by Gasteiger charge is -2.31. The molecular weight excluding hydrogens is 957 g/mol. The Hall–Kier alpha value is -5.90. The molecule has 0 aliphatic carbocycles.